The molecule has 0 spiro atoms. The molecule has 0 saturated heterocycles. The molecule has 0 aliphatic rings. The van der Waals surface area contributed by atoms with Gasteiger partial charge in [-0.2, -0.15) is 0 Å². The van der Waals surface area contributed by atoms with Gasteiger partial charge in [0.1, 0.15) is 0 Å². The van der Waals surface area contributed by atoms with Gasteiger partial charge < -0.3 is 4.32 Å². The standard InChI is InChI=1S/BFH3P2.Th/c2-1-4-3;/h4H,3H2;/i4T;. The van der Waals surface area contributed by atoms with Gasteiger partial charge in [-0.3, -0.25) is 0 Å². The maximum absolute atomic E-state index is 10.8. The van der Waals surface area contributed by atoms with Crippen LogP contribution in [0.3, 0.4) is 0 Å². The average Bonchev–Trinajstić information content (AvgIpc) is 1.38. The van der Waals surface area contributed by atoms with Crippen molar-refractivity contribution in [2.45, 2.75) is 0 Å². The van der Waals surface area contributed by atoms with E-state index in [9.17, 15) is 4.32 Å². The summed E-state index contributed by atoms with van der Waals surface area (Å²) in [6.45, 7) is 0. The molecule has 0 bridgehead atoms. The fourth-order valence-electron chi connectivity index (χ4n) is 0. The molecule has 0 aromatic carbocycles. The molecule has 0 amide bonds. The molecule has 5 heteroatoms. The monoisotopic (exact) mass is 329 g/mol. The van der Waals surface area contributed by atoms with Crippen molar-refractivity contribution in [2.24, 2.45) is 0 Å². The van der Waals surface area contributed by atoms with Crippen molar-refractivity contribution in [3.8, 4) is 0 Å². The van der Waals surface area contributed by atoms with Gasteiger partial charge in [0.25, 0.3) is 0 Å². The molecule has 27 valence electrons. The Kier molecular flexibility index (Phi) is 13.6. The number of halogens is 1. The summed E-state index contributed by atoms with van der Waals surface area (Å²) in [5.74, 6) is 0. The topological polar surface area (TPSA) is 0 Å². The Morgan fingerprint density at radius 1 is 2.20 bits per heavy atom. The summed E-state index contributed by atoms with van der Waals surface area (Å²) in [5.41, 5.74) is 0. The number of hydrogen-bond acceptors (Lipinski definition) is 0. The maximum atomic E-state index is 10.8. The Morgan fingerprint density at radius 3 is 2.40 bits per heavy atom. The molecule has 2 unspecified atom stereocenters. The first-order chi connectivity index (χ1) is 2.27. The van der Waals surface area contributed by atoms with Gasteiger partial charge in [0, 0.05) is 39.9 Å². The molecule has 0 aromatic rings. The minimum Gasteiger partial charge on any atom is -0.335 e. The average molecular weight is 329 g/mol. The van der Waals surface area contributed by atoms with Gasteiger partial charge in [0.05, 0.1) is 1.28 Å². The second-order valence-corrected chi connectivity index (χ2v) is 1.63. The molecule has 5 heavy (non-hydrogen) atoms. The molecule has 0 fully saturated rings. The van der Waals surface area contributed by atoms with Crippen molar-refractivity contribution in [2.75, 3.05) is 0 Å². The Morgan fingerprint density at radius 2 is 2.40 bits per heavy atom. The quantitative estimate of drug-likeness (QED) is 0.497. The molecule has 1 radical (unpaired) electrons. The smallest absolute Gasteiger partial charge is 0.335 e. The maximum Gasteiger partial charge on any atom is 0.387 e. The van der Waals surface area contributed by atoms with Crippen LogP contribution in [0.2, 0.25) is 0 Å². The third-order valence-electron chi connectivity index (χ3n) is 0.0563. The van der Waals surface area contributed by atoms with Crippen LogP contribution in [0.4, 0.5) is 4.32 Å². The van der Waals surface area contributed by atoms with E-state index in [-0.39, 0.29) is 39.9 Å². The Balaban J connectivity index is 0. The van der Waals surface area contributed by atoms with E-state index in [1.54, 1.807) is 0 Å². The molecule has 0 rings (SSSR count). The van der Waals surface area contributed by atoms with Gasteiger partial charge >= 0.3 is 7.28 Å². The molecule has 0 heterocycles. The molecule has 0 saturated carbocycles. The van der Waals surface area contributed by atoms with Crippen LogP contribution in [0.1, 0.15) is 0 Å². The Labute approximate surface area is 69.1 Å². The van der Waals surface area contributed by atoms with Crippen molar-refractivity contribution in [1.29, 1.82) is 1.28 Å². The van der Waals surface area contributed by atoms with Crippen LogP contribution >= 0.6 is 17.0 Å². The third-order valence-corrected chi connectivity index (χ3v) is 0.507. The fraction of sp³-hybridized carbons (Fsp3) is 0. The first-order valence-corrected chi connectivity index (χ1v) is 3.32. The first-order valence-electron chi connectivity index (χ1n) is 1.18. The summed E-state index contributed by atoms with van der Waals surface area (Å²) >= 11 is 0. The second kappa shape index (κ2) is 9.49. The van der Waals surface area contributed by atoms with E-state index in [1.165, 1.54) is 0 Å². The van der Waals surface area contributed by atoms with Gasteiger partial charge in [-0.15, -0.1) is 17.0 Å². The van der Waals surface area contributed by atoms with E-state index in [4.69, 9.17) is 1.28 Å². The van der Waals surface area contributed by atoms with E-state index in [0.29, 0.717) is 7.28 Å². The van der Waals surface area contributed by atoms with Gasteiger partial charge in [-0.05, 0) is 0 Å². The van der Waals surface area contributed by atoms with E-state index >= 15 is 0 Å². The first kappa shape index (κ1) is 7.18. The predicted molar refractivity (Wildman–Crippen MR) is 24.9 cm³/mol. The molecule has 0 aliphatic carbocycles. The molecule has 0 nitrogen and oxygen atoms in total. The van der Waals surface area contributed by atoms with Crippen molar-refractivity contribution in [3.63, 3.8) is 0 Å². The summed E-state index contributed by atoms with van der Waals surface area (Å²) in [4.78, 5) is 0. The minimum atomic E-state index is -1.22. The molecule has 0 N–H and O–H groups in total. The second-order valence-electron chi connectivity index (χ2n) is 0.247. The summed E-state index contributed by atoms with van der Waals surface area (Å²) in [6, 6.07) is 0. The normalized spacial score (nSPS) is 14.4. The Bertz CT molecular complexity index is 27.5. The van der Waals surface area contributed by atoms with Crippen molar-refractivity contribution >= 4 is 24.3 Å². The number of rotatable bonds is 1. The third kappa shape index (κ3) is 10.7. The molecular formula is H3BFP2Th. The molecule has 2 atom stereocenters. The zero-order valence-electron chi connectivity index (χ0n) is 3.48. The fourth-order valence-corrected chi connectivity index (χ4v) is 0. The summed E-state index contributed by atoms with van der Waals surface area (Å²) in [5, 5.41) is 0. The van der Waals surface area contributed by atoms with E-state index in [0.717, 1.165) is 0 Å². The van der Waals surface area contributed by atoms with Crippen molar-refractivity contribution in [3.05, 3.63) is 0 Å². The zero-order chi connectivity index (χ0) is 4.28. The Hall–Kier alpha value is 2.18. The van der Waals surface area contributed by atoms with Crippen molar-refractivity contribution in [1.82, 2.24) is 0 Å². The molecule has 0 aromatic heterocycles. The van der Waals surface area contributed by atoms with E-state index in [1.807, 2.05) is 8.93 Å². The van der Waals surface area contributed by atoms with Gasteiger partial charge in [0.2, 0.25) is 0 Å². The van der Waals surface area contributed by atoms with Crippen LogP contribution in [0.25, 0.3) is 0 Å². The minimum absolute atomic E-state index is 0. The van der Waals surface area contributed by atoms with Gasteiger partial charge in [0.15, 0.2) is 0 Å². The zero-order valence-corrected chi connectivity index (χ0v) is 8.64. The summed E-state index contributed by atoms with van der Waals surface area (Å²) in [7, 11) is 1.17. The van der Waals surface area contributed by atoms with Crippen LogP contribution in [-0.2, 0) is 0 Å². The van der Waals surface area contributed by atoms with Crippen LogP contribution in [0.5, 0.6) is 0 Å². The summed E-state index contributed by atoms with van der Waals surface area (Å²) in [6.07, 6.45) is 0. The van der Waals surface area contributed by atoms with Crippen LogP contribution < -0.4 is 0 Å². The van der Waals surface area contributed by atoms with Gasteiger partial charge in [-0.25, -0.2) is 0 Å². The van der Waals surface area contributed by atoms with Crippen LogP contribution in [0, 0.1) is 39.9 Å². The van der Waals surface area contributed by atoms with Crippen molar-refractivity contribution < 1.29 is 44.3 Å². The van der Waals surface area contributed by atoms with E-state index < -0.39 is 8.09 Å². The van der Waals surface area contributed by atoms with Crippen LogP contribution in [-0.4, -0.2) is 8.55 Å². The van der Waals surface area contributed by atoms with E-state index in [2.05, 4.69) is 0 Å². The molecular weight excluding hydrogens is 324 g/mol. The molecule has 0 aliphatic heterocycles. The SMILES string of the molecule is [3H]P(P)[B]F.[Th]. The summed E-state index contributed by atoms with van der Waals surface area (Å²) < 4.78 is 17.2. The van der Waals surface area contributed by atoms with Crippen LogP contribution in [0.15, 0.2) is 0 Å². The predicted octanol–water partition coefficient (Wildman–Crippen LogP) is 0.959. The van der Waals surface area contributed by atoms with Gasteiger partial charge in [-0.1, -0.05) is 0 Å². The number of hydrogen-bond donors (Lipinski definition) is 0. The largest absolute Gasteiger partial charge is 0.387 e.